The monoisotopic (exact) mass is 296 g/mol. The summed E-state index contributed by atoms with van der Waals surface area (Å²) in [6.07, 6.45) is 2.73. The number of nitrogens with one attached hydrogen (secondary N) is 2. The van der Waals surface area contributed by atoms with E-state index in [4.69, 9.17) is 9.84 Å². The van der Waals surface area contributed by atoms with Gasteiger partial charge in [0, 0.05) is 31.9 Å². The maximum Gasteiger partial charge on any atom is 0.158 e. The highest BCUT2D eigenvalue weighted by atomic mass is 16.5. The second-order valence-corrected chi connectivity index (χ2v) is 5.03. The van der Waals surface area contributed by atoms with Gasteiger partial charge in [-0.05, 0) is 33.1 Å². The van der Waals surface area contributed by atoms with Gasteiger partial charge in [0.25, 0.3) is 0 Å². The van der Waals surface area contributed by atoms with Crippen molar-refractivity contribution >= 4 is 11.6 Å². The summed E-state index contributed by atoms with van der Waals surface area (Å²) >= 11 is 0. The molecule has 1 atom stereocenters. The van der Waals surface area contributed by atoms with E-state index in [1.165, 1.54) is 0 Å². The maximum atomic E-state index is 8.88. The molecular formula is C15H28N4O2. The highest BCUT2D eigenvalue weighted by molar-refractivity contribution is 5.48. The molecule has 1 rings (SSSR count). The second kappa shape index (κ2) is 10.3. The zero-order valence-corrected chi connectivity index (χ0v) is 13.4. The van der Waals surface area contributed by atoms with Gasteiger partial charge in [-0.1, -0.05) is 6.92 Å². The van der Waals surface area contributed by atoms with E-state index in [0.717, 1.165) is 37.4 Å². The van der Waals surface area contributed by atoms with Gasteiger partial charge in [-0.2, -0.15) is 0 Å². The fourth-order valence-corrected chi connectivity index (χ4v) is 1.89. The molecule has 0 saturated heterocycles. The van der Waals surface area contributed by atoms with Crippen LogP contribution in [0.25, 0.3) is 0 Å². The molecule has 0 aromatic carbocycles. The topological polar surface area (TPSA) is 79.3 Å². The summed E-state index contributed by atoms with van der Waals surface area (Å²) in [6, 6.07) is 2.17. The average Bonchev–Trinajstić information content (AvgIpc) is 2.48. The molecule has 0 fully saturated rings. The van der Waals surface area contributed by atoms with Gasteiger partial charge in [0.2, 0.25) is 0 Å². The van der Waals surface area contributed by atoms with Crippen molar-refractivity contribution in [1.82, 2.24) is 9.97 Å². The van der Waals surface area contributed by atoms with Gasteiger partial charge in [0.05, 0.1) is 0 Å². The van der Waals surface area contributed by atoms with Crippen molar-refractivity contribution in [1.29, 1.82) is 0 Å². The Kier molecular flexibility index (Phi) is 8.69. The van der Waals surface area contributed by atoms with Crippen molar-refractivity contribution in [3.8, 4) is 0 Å². The van der Waals surface area contributed by atoms with Gasteiger partial charge >= 0.3 is 0 Å². The Labute approximate surface area is 127 Å². The molecule has 0 amide bonds. The van der Waals surface area contributed by atoms with Crippen LogP contribution in [0.2, 0.25) is 0 Å². The third kappa shape index (κ3) is 7.24. The van der Waals surface area contributed by atoms with Crippen LogP contribution in [-0.2, 0) is 11.3 Å². The van der Waals surface area contributed by atoms with E-state index in [9.17, 15) is 0 Å². The van der Waals surface area contributed by atoms with Crippen LogP contribution in [0.5, 0.6) is 0 Å². The summed E-state index contributed by atoms with van der Waals surface area (Å²) in [4.78, 5) is 8.93. The van der Waals surface area contributed by atoms with E-state index < -0.39 is 0 Å². The van der Waals surface area contributed by atoms with Crippen molar-refractivity contribution < 1.29 is 9.84 Å². The van der Waals surface area contributed by atoms with Crippen molar-refractivity contribution in [3.63, 3.8) is 0 Å². The molecule has 1 aromatic heterocycles. The Morgan fingerprint density at radius 3 is 2.71 bits per heavy atom. The molecule has 1 unspecified atom stereocenters. The predicted molar refractivity (Wildman–Crippen MR) is 85.5 cm³/mol. The van der Waals surface area contributed by atoms with Gasteiger partial charge < -0.3 is 20.5 Å². The van der Waals surface area contributed by atoms with Gasteiger partial charge in [0.15, 0.2) is 5.82 Å². The lowest BCUT2D eigenvalue weighted by molar-refractivity contribution is 0.128. The second-order valence-electron chi connectivity index (χ2n) is 5.03. The van der Waals surface area contributed by atoms with Crippen LogP contribution in [0.1, 0.15) is 45.9 Å². The Bertz CT molecular complexity index is 375. The van der Waals surface area contributed by atoms with Gasteiger partial charge in [-0.15, -0.1) is 0 Å². The number of rotatable bonds is 11. The van der Waals surface area contributed by atoms with E-state index in [0.29, 0.717) is 19.0 Å². The largest absolute Gasteiger partial charge is 0.396 e. The van der Waals surface area contributed by atoms with E-state index >= 15 is 0 Å². The fraction of sp³-hybridized carbons (Fsp3) is 0.733. The minimum Gasteiger partial charge on any atom is -0.396 e. The summed E-state index contributed by atoms with van der Waals surface area (Å²) in [5, 5.41) is 15.5. The Hall–Kier alpha value is -1.40. The summed E-state index contributed by atoms with van der Waals surface area (Å²) in [6.45, 7) is 8.31. The van der Waals surface area contributed by atoms with E-state index in [1.54, 1.807) is 0 Å². The molecule has 0 radical (unpaired) electrons. The molecule has 0 saturated carbocycles. The Balaban J connectivity index is 2.74. The molecule has 0 aliphatic carbocycles. The van der Waals surface area contributed by atoms with Crippen LogP contribution < -0.4 is 10.6 Å². The van der Waals surface area contributed by atoms with Crippen LogP contribution in [0.15, 0.2) is 6.07 Å². The minimum absolute atomic E-state index is 0.217. The van der Waals surface area contributed by atoms with Crippen molar-refractivity contribution in [3.05, 3.63) is 11.9 Å². The summed E-state index contributed by atoms with van der Waals surface area (Å²) < 4.78 is 5.39. The number of nitrogens with zero attached hydrogens (tertiary/aromatic N) is 2. The SMILES string of the molecule is CCCNc1cc(NC(C)CCCO)nc(COCC)n1. The van der Waals surface area contributed by atoms with Gasteiger partial charge in [0.1, 0.15) is 18.2 Å². The quantitative estimate of drug-likeness (QED) is 0.582. The molecule has 1 heterocycles. The van der Waals surface area contributed by atoms with Crippen LogP contribution in [0.3, 0.4) is 0 Å². The highest BCUT2D eigenvalue weighted by Crippen LogP contribution is 2.14. The van der Waals surface area contributed by atoms with Crippen LogP contribution >= 0.6 is 0 Å². The third-order valence-corrected chi connectivity index (χ3v) is 2.95. The van der Waals surface area contributed by atoms with Crippen LogP contribution in [0, 0.1) is 0 Å². The zero-order chi connectivity index (χ0) is 15.5. The van der Waals surface area contributed by atoms with Crippen molar-refractivity contribution in [2.75, 3.05) is 30.4 Å². The number of anilines is 2. The van der Waals surface area contributed by atoms with E-state index in [1.807, 2.05) is 13.0 Å². The van der Waals surface area contributed by atoms with E-state index in [2.05, 4.69) is 34.4 Å². The van der Waals surface area contributed by atoms with Crippen molar-refractivity contribution in [2.24, 2.45) is 0 Å². The molecule has 0 bridgehead atoms. The molecule has 1 aromatic rings. The van der Waals surface area contributed by atoms with Crippen molar-refractivity contribution in [2.45, 2.75) is 52.7 Å². The first-order chi connectivity index (χ1) is 10.2. The predicted octanol–water partition coefficient (Wildman–Crippen LogP) is 2.41. The molecule has 0 spiro atoms. The molecule has 0 aliphatic rings. The maximum absolute atomic E-state index is 8.88. The normalized spacial score (nSPS) is 12.2. The number of hydrogen-bond acceptors (Lipinski definition) is 6. The first-order valence-corrected chi connectivity index (χ1v) is 7.76. The first-order valence-electron chi connectivity index (χ1n) is 7.76. The molecule has 0 aliphatic heterocycles. The molecular weight excluding hydrogens is 268 g/mol. The van der Waals surface area contributed by atoms with E-state index in [-0.39, 0.29) is 12.6 Å². The fourth-order valence-electron chi connectivity index (χ4n) is 1.89. The number of aliphatic hydroxyl groups is 1. The molecule has 3 N–H and O–H groups in total. The number of hydrogen-bond donors (Lipinski definition) is 3. The minimum atomic E-state index is 0.217. The lowest BCUT2D eigenvalue weighted by Gasteiger charge is -2.16. The Morgan fingerprint density at radius 2 is 2.05 bits per heavy atom. The third-order valence-electron chi connectivity index (χ3n) is 2.95. The average molecular weight is 296 g/mol. The van der Waals surface area contributed by atoms with Gasteiger partial charge in [-0.3, -0.25) is 0 Å². The molecule has 6 heteroatoms. The standard InChI is InChI=1S/C15H28N4O2/c1-4-8-16-13-10-14(17-12(3)7-6-9-20)19-15(18-13)11-21-5-2/h10,12,20H,4-9,11H2,1-3H3,(H2,16,17,18,19). The van der Waals surface area contributed by atoms with Crippen LogP contribution in [-0.4, -0.2) is 40.9 Å². The van der Waals surface area contributed by atoms with Crippen LogP contribution in [0.4, 0.5) is 11.6 Å². The highest BCUT2D eigenvalue weighted by Gasteiger charge is 2.07. The zero-order valence-electron chi connectivity index (χ0n) is 13.4. The summed E-state index contributed by atoms with van der Waals surface area (Å²) in [5.74, 6) is 2.29. The van der Waals surface area contributed by atoms with Gasteiger partial charge in [-0.25, -0.2) is 9.97 Å². The lowest BCUT2D eigenvalue weighted by Crippen LogP contribution is -2.18. The number of aromatic nitrogens is 2. The number of aliphatic hydroxyl groups excluding tert-OH is 1. The first kappa shape index (κ1) is 17.7. The summed E-state index contributed by atoms with van der Waals surface area (Å²) in [5.41, 5.74) is 0. The lowest BCUT2D eigenvalue weighted by atomic mass is 10.2. The smallest absolute Gasteiger partial charge is 0.158 e. The molecule has 21 heavy (non-hydrogen) atoms. The number of ether oxygens (including phenoxy) is 1. The molecule has 6 nitrogen and oxygen atoms in total. The Morgan fingerprint density at radius 1 is 1.29 bits per heavy atom. The molecule has 120 valence electrons. The summed E-state index contributed by atoms with van der Waals surface area (Å²) in [7, 11) is 0.